The van der Waals surface area contributed by atoms with Crippen LogP contribution >= 0.6 is 47.0 Å². The van der Waals surface area contributed by atoms with E-state index in [1.54, 1.807) is 18.3 Å². The van der Waals surface area contributed by atoms with E-state index in [0.717, 1.165) is 41.5 Å². The number of nitrogens with zero attached hydrogens (tertiary/aromatic N) is 3. The van der Waals surface area contributed by atoms with E-state index in [4.69, 9.17) is 51.4 Å². The molecular formula is C31H29Cl3N4OS. The number of anilines is 2. The molecule has 6 rings (SSSR count). The van der Waals surface area contributed by atoms with Gasteiger partial charge in [0.15, 0.2) is 5.11 Å². The average Bonchev–Trinajstić information content (AvgIpc) is 3.55. The number of rotatable bonds is 5. The Balaban J connectivity index is 1.38. The summed E-state index contributed by atoms with van der Waals surface area (Å²) in [5.41, 5.74) is 3.65. The number of furan rings is 1. The maximum atomic E-state index is 6.95. The van der Waals surface area contributed by atoms with Gasteiger partial charge in [0, 0.05) is 30.5 Å². The monoisotopic (exact) mass is 610 g/mol. The van der Waals surface area contributed by atoms with Crippen LogP contribution in [0, 0.1) is 11.8 Å². The lowest BCUT2D eigenvalue weighted by atomic mass is 9.91. The third-order valence-corrected chi connectivity index (χ3v) is 9.00. The average molecular weight is 612 g/mol. The van der Waals surface area contributed by atoms with Crippen LogP contribution in [-0.4, -0.2) is 23.2 Å². The fourth-order valence-corrected chi connectivity index (χ4v) is 6.94. The van der Waals surface area contributed by atoms with Gasteiger partial charge in [-0.25, -0.2) is 0 Å². The maximum absolute atomic E-state index is 6.95. The van der Waals surface area contributed by atoms with Gasteiger partial charge in [-0.2, -0.15) is 0 Å². The number of hydrogen-bond donors (Lipinski definition) is 1. The molecular weight excluding hydrogens is 583 g/mol. The molecule has 0 amide bonds. The fourth-order valence-electron chi connectivity index (χ4n) is 6.00. The Morgan fingerprint density at radius 2 is 1.70 bits per heavy atom. The molecule has 9 heteroatoms. The Hall–Kier alpha value is -2.77. The van der Waals surface area contributed by atoms with E-state index in [0.29, 0.717) is 37.8 Å². The number of halogens is 3. The second-order valence-electron chi connectivity index (χ2n) is 10.8. The molecule has 5 nitrogen and oxygen atoms in total. The molecule has 2 aromatic carbocycles. The smallest absolute Gasteiger partial charge is 0.174 e. The summed E-state index contributed by atoms with van der Waals surface area (Å²) >= 11 is 25.3. The van der Waals surface area contributed by atoms with Gasteiger partial charge in [-0.15, -0.1) is 0 Å². The van der Waals surface area contributed by atoms with E-state index in [1.165, 1.54) is 6.42 Å². The van der Waals surface area contributed by atoms with Crippen molar-refractivity contribution in [3.05, 3.63) is 99.4 Å². The number of pyridine rings is 1. The van der Waals surface area contributed by atoms with Crippen molar-refractivity contribution in [2.45, 2.75) is 32.4 Å². The molecule has 2 aliphatic heterocycles. The molecule has 2 aliphatic rings. The van der Waals surface area contributed by atoms with E-state index in [2.05, 4.69) is 46.1 Å². The zero-order chi connectivity index (χ0) is 28.0. The fraction of sp³-hybridized carbons (Fsp3) is 0.290. The quantitative estimate of drug-likeness (QED) is 0.227. The Morgan fingerprint density at radius 1 is 0.900 bits per heavy atom. The highest BCUT2D eigenvalue weighted by atomic mass is 35.5. The Bertz CT molecular complexity index is 1530. The van der Waals surface area contributed by atoms with Gasteiger partial charge < -0.3 is 19.5 Å². The minimum Gasteiger partial charge on any atom is -0.459 e. The first-order chi connectivity index (χ1) is 19.3. The number of hydrogen-bond acceptors (Lipinski definition) is 4. The number of piperidine rings is 1. The van der Waals surface area contributed by atoms with Gasteiger partial charge in [-0.1, -0.05) is 54.7 Å². The summed E-state index contributed by atoms with van der Waals surface area (Å²) in [7, 11) is 0. The molecule has 0 unspecified atom stereocenters. The van der Waals surface area contributed by atoms with Gasteiger partial charge in [-0.05, 0) is 91.1 Å². The van der Waals surface area contributed by atoms with E-state index in [1.807, 2.05) is 42.5 Å². The second-order valence-corrected chi connectivity index (χ2v) is 12.4. The van der Waals surface area contributed by atoms with Gasteiger partial charge in [0.2, 0.25) is 0 Å². The molecule has 2 fully saturated rings. The lowest BCUT2D eigenvalue weighted by Gasteiger charge is -2.37. The van der Waals surface area contributed by atoms with Gasteiger partial charge in [0.05, 0.1) is 32.5 Å². The van der Waals surface area contributed by atoms with Crippen molar-refractivity contribution in [3.8, 4) is 11.3 Å². The summed E-state index contributed by atoms with van der Waals surface area (Å²) < 4.78 is 6.46. The first-order valence-electron chi connectivity index (χ1n) is 13.4. The molecule has 206 valence electrons. The molecule has 4 atom stereocenters. The largest absolute Gasteiger partial charge is 0.459 e. The van der Waals surface area contributed by atoms with E-state index in [9.17, 15) is 0 Å². The standard InChI is InChI=1S/C31H29Cl3N4OS/c1-18-13-19(2)17-37(16-18)26-9-7-21(15-24(26)34)38-30(29(36-31(38)40)25-5-3-4-12-35-25)28-11-10-27(39-28)20-6-8-22(32)23(33)14-20/h3-12,14-15,18-19,29-30H,13,16-17H2,1-2H3,(H,36,40)/t18-,19+,29-,30+/m1/s1. The summed E-state index contributed by atoms with van der Waals surface area (Å²) in [6.07, 6.45) is 3.03. The predicted molar refractivity (Wildman–Crippen MR) is 169 cm³/mol. The molecule has 4 heterocycles. The van der Waals surface area contributed by atoms with Crippen molar-refractivity contribution in [1.29, 1.82) is 0 Å². The minimum atomic E-state index is -0.295. The van der Waals surface area contributed by atoms with Gasteiger partial charge in [-0.3, -0.25) is 4.98 Å². The highest BCUT2D eigenvalue weighted by Gasteiger charge is 2.43. The van der Waals surface area contributed by atoms with Crippen molar-refractivity contribution in [2.75, 3.05) is 22.9 Å². The molecule has 2 aromatic heterocycles. The van der Waals surface area contributed by atoms with E-state index >= 15 is 0 Å². The van der Waals surface area contributed by atoms with Crippen LogP contribution in [0.25, 0.3) is 11.3 Å². The van der Waals surface area contributed by atoms with Crippen LogP contribution in [0.4, 0.5) is 11.4 Å². The van der Waals surface area contributed by atoms with Crippen molar-refractivity contribution in [1.82, 2.24) is 10.3 Å². The number of aromatic nitrogens is 1. The normalized spacial score (nSPS) is 23.0. The third-order valence-electron chi connectivity index (χ3n) is 7.64. The van der Waals surface area contributed by atoms with Crippen LogP contribution in [0.3, 0.4) is 0 Å². The van der Waals surface area contributed by atoms with Gasteiger partial charge in [0.1, 0.15) is 17.6 Å². The molecule has 0 bridgehead atoms. The summed E-state index contributed by atoms with van der Waals surface area (Å²) in [4.78, 5) is 9.11. The lowest BCUT2D eigenvalue weighted by molar-refractivity contribution is 0.357. The summed E-state index contributed by atoms with van der Waals surface area (Å²) in [5.74, 6) is 2.68. The van der Waals surface area contributed by atoms with Crippen LogP contribution in [0.1, 0.15) is 43.8 Å². The molecule has 1 N–H and O–H groups in total. The number of nitrogens with one attached hydrogen (secondary N) is 1. The van der Waals surface area contributed by atoms with Crippen LogP contribution in [0.15, 0.2) is 77.3 Å². The summed E-state index contributed by atoms with van der Waals surface area (Å²) in [6, 6.07) is 20.9. The van der Waals surface area contributed by atoms with Crippen molar-refractivity contribution >= 4 is 63.5 Å². The predicted octanol–water partition coefficient (Wildman–Crippen LogP) is 8.96. The van der Waals surface area contributed by atoms with E-state index in [-0.39, 0.29) is 12.1 Å². The zero-order valence-corrected chi connectivity index (χ0v) is 25.2. The SMILES string of the molecule is C[C@@H]1C[C@H](C)CN(c2ccc(N3C(=S)N[C@H](c4ccccn4)[C@@H]3c3ccc(-c4ccc(Cl)c(Cl)c4)o3)cc2Cl)C1. The summed E-state index contributed by atoms with van der Waals surface area (Å²) in [5, 5.41) is 5.74. The van der Waals surface area contributed by atoms with E-state index < -0.39 is 0 Å². The highest BCUT2D eigenvalue weighted by molar-refractivity contribution is 7.80. The van der Waals surface area contributed by atoms with Crippen LogP contribution in [0.2, 0.25) is 15.1 Å². The van der Waals surface area contributed by atoms with Crippen LogP contribution in [0.5, 0.6) is 0 Å². The van der Waals surface area contributed by atoms with Crippen LogP contribution < -0.4 is 15.1 Å². The topological polar surface area (TPSA) is 44.5 Å². The van der Waals surface area contributed by atoms with Gasteiger partial charge in [0.25, 0.3) is 0 Å². The minimum absolute atomic E-state index is 0.233. The Morgan fingerprint density at radius 3 is 2.40 bits per heavy atom. The van der Waals surface area contributed by atoms with Gasteiger partial charge >= 0.3 is 0 Å². The number of benzene rings is 2. The molecule has 4 aromatic rings. The second kappa shape index (κ2) is 11.2. The molecule has 0 spiro atoms. The molecule has 0 radical (unpaired) electrons. The first-order valence-corrected chi connectivity index (χ1v) is 14.9. The Kier molecular flexibility index (Phi) is 7.71. The van der Waals surface area contributed by atoms with Crippen molar-refractivity contribution < 1.29 is 4.42 Å². The van der Waals surface area contributed by atoms with Crippen molar-refractivity contribution in [2.24, 2.45) is 11.8 Å². The first kappa shape index (κ1) is 27.4. The highest BCUT2D eigenvalue weighted by Crippen LogP contribution is 2.45. The van der Waals surface area contributed by atoms with Crippen LogP contribution in [-0.2, 0) is 0 Å². The van der Waals surface area contributed by atoms with Crippen molar-refractivity contribution in [3.63, 3.8) is 0 Å². The maximum Gasteiger partial charge on any atom is 0.174 e. The molecule has 0 aliphatic carbocycles. The molecule has 2 saturated heterocycles. The molecule has 40 heavy (non-hydrogen) atoms. The number of thiocarbonyl (C=S) groups is 1. The summed E-state index contributed by atoms with van der Waals surface area (Å²) in [6.45, 7) is 6.61. The zero-order valence-electron chi connectivity index (χ0n) is 22.2. The molecule has 0 saturated carbocycles. The third kappa shape index (κ3) is 5.30. The lowest BCUT2D eigenvalue weighted by Crippen LogP contribution is -2.38. The Labute approximate surface area is 255 Å².